The summed E-state index contributed by atoms with van der Waals surface area (Å²) in [6.45, 7) is 11.6. The van der Waals surface area contributed by atoms with Gasteiger partial charge in [0.15, 0.2) is 0 Å². The topological polar surface area (TPSA) is 49.4 Å². The molecule has 2 atom stereocenters. The maximum Gasteiger partial charge on any atom is 0.246 e. The standard InChI is InChI=1S/C13H22N2O2/c1-6-8-15-11(16)10(9(3)7-2)14-12(17)13(15,4)5/h6,9-10H,1,7-8H2,2-5H3,(H,14,17). The number of piperazine rings is 1. The smallest absolute Gasteiger partial charge is 0.246 e. The Balaban J connectivity index is 3.02. The maximum atomic E-state index is 12.3. The van der Waals surface area contributed by atoms with Crippen LogP contribution < -0.4 is 5.32 Å². The second kappa shape index (κ2) is 4.90. The number of carbonyl (C=O) groups is 2. The van der Waals surface area contributed by atoms with Crippen LogP contribution in [-0.2, 0) is 9.59 Å². The first kappa shape index (κ1) is 13.7. The van der Waals surface area contributed by atoms with Crippen molar-refractivity contribution in [2.75, 3.05) is 6.54 Å². The fraction of sp³-hybridized carbons (Fsp3) is 0.692. The highest BCUT2D eigenvalue weighted by molar-refractivity contribution is 5.99. The van der Waals surface area contributed by atoms with E-state index in [1.807, 2.05) is 13.8 Å². The molecule has 0 aliphatic carbocycles. The fourth-order valence-electron chi connectivity index (χ4n) is 2.01. The molecular formula is C13H22N2O2. The van der Waals surface area contributed by atoms with E-state index in [-0.39, 0.29) is 17.7 Å². The lowest BCUT2D eigenvalue weighted by Gasteiger charge is -2.45. The molecule has 1 saturated heterocycles. The second-order valence-electron chi connectivity index (χ2n) is 5.13. The molecule has 1 N–H and O–H groups in total. The fourth-order valence-corrected chi connectivity index (χ4v) is 2.01. The Morgan fingerprint density at radius 3 is 2.59 bits per heavy atom. The molecular weight excluding hydrogens is 216 g/mol. The van der Waals surface area contributed by atoms with Crippen molar-refractivity contribution in [3.63, 3.8) is 0 Å². The minimum Gasteiger partial charge on any atom is -0.342 e. The Labute approximate surface area is 103 Å². The molecule has 0 saturated carbocycles. The number of nitrogens with one attached hydrogen (secondary N) is 1. The van der Waals surface area contributed by atoms with Crippen molar-refractivity contribution in [1.82, 2.24) is 10.2 Å². The summed E-state index contributed by atoms with van der Waals surface area (Å²) in [7, 11) is 0. The van der Waals surface area contributed by atoms with Crippen molar-refractivity contribution in [1.29, 1.82) is 0 Å². The van der Waals surface area contributed by atoms with Crippen molar-refractivity contribution >= 4 is 11.8 Å². The zero-order valence-corrected chi connectivity index (χ0v) is 11.1. The zero-order chi connectivity index (χ0) is 13.2. The number of hydrogen-bond donors (Lipinski definition) is 1. The molecule has 0 bridgehead atoms. The molecule has 4 nitrogen and oxygen atoms in total. The van der Waals surface area contributed by atoms with E-state index < -0.39 is 11.6 Å². The summed E-state index contributed by atoms with van der Waals surface area (Å²) >= 11 is 0. The molecule has 4 heteroatoms. The van der Waals surface area contributed by atoms with Crippen LogP contribution in [0.1, 0.15) is 34.1 Å². The van der Waals surface area contributed by atoms with Crippen molar-refractivity contribution in [3.05, 3.63) is 12.7 Å². The first-order chi connectivity index (χ1) is 7.86. The Morgan fingerprint density at radius 1 is 1.53 bits per heavy atom. The van der Waals surface area contributed by atoms with Gasteiger partial charge in [-0.15, -0.1) is 6.58 Å². The Bertz CT molecular complexity index is 336. The summed E-state index contributed by atoms with van der Waals surface area (Å²) < 4.78 is 0. The first-order valence-corrected chi connectivity index (χ1v) is 6.09. The van der Waals surface area contributed by atoms with Crippen LogP contribution in [0.2, 0.25) is 0 Å². The van der Waals surface area contributed by atoms with Crippen molar-refractivity contribution in [2.45, 2.75) is 45.7 Å². The minimum atomic E-state index is -0.796. The predicted octanol–water partition coefficient (Wildman–Crippen LogP) is 1.32. The number of amides is 2. The van der Waals surface area contributed by atoms with E-state index in [0.717, 1.165) is 6.42 Å². The molecule has 2 unspecified atom stereocenters. The van der Waals surface area contributed by atoms with Gasteiger partial charge >= 0.3 is 0 Å². The van der Waals surface area contributed by atoms with E-state index in [1.165, 1.54) is 0 Å². The molecule has 0 aromatic heterocycles. The SMILES string of the molecule is C=CCN1C(=O)C(C(C)CC)NC(=O)C1(C)C. The van der Waals surface area contributed by atoms with Crippen LogP contribution >= 0.6 is 0 Å². The van der Waals surface area contributed by atoms with E-state index >= 15 is 0 Å². The molecule has 17 heavy (non-hydrogen) atoms. The summed E-state index contributed by atoms with van der Waals surface area (Å²) in [5.41, 5.74) is -0.796. The molecule has 2 amide bonds. The van der Waals surface area contributed by atoms with Gasteiger partial charge in [-0.2, -0.15) is 0 Å². The molecule has 1 heterocycles. The molecule has 0 aromatic carbocycles. The molecule has 1 aliphatic heterocycles. The molecule has 1 rings (SSSR count). The lowest BCUT2D eigenvalue weighted by atomic mass is 9.89. The zero-order valence-electron chi connectivity index (χ0n) is 11.1. The summed E-state index contributed by atoms with van der Waals surface area (Å²) in [6.07, 6.45) is 2.52. The third-order valence-electron chi connectivity index (χ3n) is 3.57. The van der Waals surface area contributed by atoms with Gasteiger partial charge < -0.3 is 10.2 Å². The molecule has 0 radical (unpaired) electrons. The van der Waals surface area contributed by atoms with E-state index in [4.69, 9.17) is 0 Å². The first-order valence-electron chi connectivity index (χ1n) is 6.09. The van der Waals surface area contributed by atoms with Gasteiger partial charge in [0.05, 0.1) is 0 Å². The van der Waals surface area contributed by atoms with Crippen LogP contribution in [0.3, 0.4) is 0 Å². The number of carbonyl (C=O) groups excluding carboxylic acids is 2. The normalized spacial score (nSPS) is 25.4. The summed E-state index contributed by atoms with van der Waals surface area (Å²) in [6, 6.07) is -0.402. The van der Waals surface area contributed by atoms with Crippen LogP contribution in [0.25, 0.3) is 0 Å². The van der Waals surface area contributed by atoms with Crippen molar-refractivity contribution in [2.24, 2.45) is 5.92 Å². The Hall–Kier alpha value is -1.32. The van der Waals surface area contributed by atoms with Crippen molar-refractivity contribution in [3.8, 4) is 0 Å². The van der Waals surface area contributed by atoms with E-state index in [2.05, 4.69) is 11.9 Å². The van der Waals surface area contributed by atoms with Crippen LogP contribution in [-0.4, -0.2) is 34.8 Å². The van der Waals surface area contributed by atoms with Gasteiger partial charge in [0.1, 0.15) is 11.6 Å². The van der Waals surface area contributed by atoms with Gasteiger partial charge in [0, 0.05) is 6.54 Å². The minimum absolute atomic E-state index is 0.0103. The highest BCUT2D eigenvalue weighted by atomic mass is 16.2. The maximum absolute atomic E-state index is 12.3. The Morgan fingerprint density at radius 2 is 2.12 bits per heavy atom. The summed E-state index contributed by atoms with van der Waals surface area (Å²) in [5.74, 6) is 0.0444. The van der Waals surface area contributed by atoms with Crippen molar-refractivity contribution < 1.29 is 9.59 Å². The molecule has 96 valence electrons. The van der Waals surface area contributed by atoms with E-state index in [9.17, 15) is 9.59 Å². The largest absolute Gasteiger partial charge is 0.342 e. The third kappa shape index (κ3) is 2.35. The Kier molecular flexibility index (Phi) is 3.96. The van der Waals surface area contributed by atoms with E-state index in [0.29, 0.717) is 6.54 Å². The summed E-state index contributed by atoms with van der Waals surface area (Å²) in [5, 5.41) is 2.83. The van der Waals surface area contributed by atoms with Gasteiger partial charge in [-0.3, -0.25) is 9.59 Å². The summed E-state index contributed by atoms with van der Waals surface area (Å²) in [4.78, 5) is 26.0. The van der Waals surface area contributed by atoms with Gasteiger partial charge in [0.25, 0.3) is 0 Å². The monoisotopic (exact) mass is 238 g/mol. The highest BCUT2D eigenvalue weighted by Crippen LogP contribution is 2.24. The van der Waals surface area contributed by atoms with Crippen LogP contribution in [0.4, 0.5) is 0 Å². The molecule has 0 aromatic rings. The van der Waals surface area contributed by atoms with Gasteiger partial charge in [-0.25, -0.2) is 0 Å². The van der Waals surface area contributed by atoms with Crippen LogP contribution in [0.5, 0.6) is 0 Å². The van der Waals surface area contributed by atoms with Crippen LogP contribution in [0.15, 0.2) is 12.7 Å². The lowest BCUT2D eigenvalue weighted by Crippen LogP contribution is -2.69. The van der Waals surface area contributed by atoms with Gasteiger partial charge in [-0.05, 0) is 19.8 Å². The lowest BCUT2D eigenvalue weighted by molar-refractivity contribution is -0.155. The number of nitrogens with zero attached hydrogens (tertiary/aromatic N) is 1. The van der Waals surface area contributed by atoms with E-state index in [1.54, 1.807) is 24.8 Å². The molecule has 1 aliphatic rings. The quantitative estimate of drug-likeness (QED) is 0.751. The number of hydrogen-bond acceptors (Lipinski definition) is 2. The molecule has 1 fully saturated rings. The average molecular weight is 238 g/mol. The third-order valence-corrected chi connectivity index (χ3v) is 3.57. The van der Waals surface area contributed by atoms with Crippen LogP contribution in [0, 0.1) is 5.92 Å². The predicted molar refractivity (Wildman–Crippen MR) is 67.4 cm³/mol. The second-order valence-corrected chi connectivity index (χ2v) is 5.13. The van der Waals surface area contributed by atoms with Gasteiger partial charge in [0.2, 0.25) is 11.8 Å². The number of rotatable bonds is 4. The van der Waals surface area contributed by atoms with Gasteiger partial charge in [-0.1, -0.05) is 26.3 Å². The highest BCUT2D eigenvalue weighted by Gasteiger charge is 2.46. The molecule has 0 spiro atoms. The average Bonchev–Trinajstić information content (AvgIpc) is 2.28.